The van der Waals surface area contributed by atoms with Crippen molar-refractivity contribution in [3.05, 3.63) is 62.8 Å². The van der Waals surface area contributed by atoms with Crippen molar-refractivity contribution >= 4 is 17.5 Å². The summed E-state index contributed by atoms with van der Waals surface area (Å²) in [6, 6.07) is 4.36. The first kappa shape index (κ1) is 21.4. The second-order valence-electron chi connectivity index (χ2n) is 7.25. The third-order valence-electron chi connectivity index (χ3n) is 5.54. The minimum Gasteiger partial charge on any atom is -0.391 e. The molecule has 2 unspecified atom stereocenters. The number of carbonyl (C=O) groups is 1. The Balaban J connectivity index is 2.02. The number of H-pyrrole nitrogens is 1. The minimum absolute atomic E-state index is 0.00699. The molecule has 156 valence electrons. The van der Waals surface area contributed by atoms with Crippen LogP contribution >= 0.6 is 11.6 Å². The van der Waals surface area contributed by atoms with E-state index in [1.54, 1.807) is 17.0 Å². The third-order valence-corrected chi connectivity index (χ3v) is 5.76. The summed E-state index contributed by atoms with van der Waals surface area (Å²) in [6.07, 6.45) is 2.07. The highest BCUT2D eigenvalue weighted by Crippen LogP contribution is 2.43. The zero-order valence-electron chi connectivity index (χ0n) is 15.7. The number of nitrogens with one attached hydrogen (secondary N) is 1. The van der Waals surface area contributed by atoms with Gasteiger partial charge in [0, 0.05) is 37.5 Å². The number of nitrogens with two attached hydrogens (primary N) is 1. The number of pyridine rings is 2. The number of primary amides is 1. The average Bonchev–Trinajstić information content (AvgIpc) is 2.68. The van der Waals surface area contributed by atoms with E-state index >= 15 is 0 Å². The van der Waals surface area contributed by atoms with Crippen molar-refractivity contribution in [2.24, 2.45) is 5.73 Å². The van der Waals surface area contributed by atoms with Crippen LogP contribution in [0.5, 0.6) is 0 Å². The Labute approximate surface area is 170 Å². The summed E-state index contributed by atoms with van der Waals surface area (Å²) in [4.78, 5) is 32.2. The molecule has 29 heavy (non-hydrogen) atoms. The fourth-order valence-electron chi connectivity index (χ4n) is 3.64. The van der Waals surface area contributed by atoms with E-state index in [1.807, 2.05) is 0 Å². The van der Waals surface area contributed by atoms with Crippen LogP contribution in [-0.4, -0.2) is 44.9 Å². The van der Waals surface area contributed by atoms with E-state index in [-0.39, 0.29) is 24.2 Å². The topological polar surface area (TPSA) is 112 Å². The lowest BCUT2D eigenvalue weighted by molar-refractivity contribution is -0.139. The molecule has 2 aromatic heterocycles. The number of aromatic amines is 1. The van der Waals surface area contributed by atoms with Gasteiger partial charge in [0.1, 0.15) is 5.54 Å². The molecular weight excluding hydrogens is 406 g/mol. The van der Waals surface area contributed by atoms with E-state index in [9.17, 15) is 23.5 Å². The Morgan fingerprint density at radius 3 is 2.83 bits per heavy atom. The molecule has 0 radical (unpaired) electrons. The molecule has 0 spiro atoms. The molecule has 2 atom stereocenters. The fourth-order valence-corrected chi connectivity index (χ4v) is 3.75. The molecule has 1 saturated heterocycles. The maximum Gasteiger partial charge on any atom is 0.257 e. The number of nitrogens with zero attached hydrogens (tertiary/aromatic N) is 2. The van der Waals surface area contributed by atoms with Gasteiger partial charge in [-0.15, -0.1) is 0 Å². The molecule has 3 rings (SSSR count). The second kappa shape index (κ2) is 7.81. The highest BCUT2D eigenvalue weighted by atomic mass is 35.5. The number of aliphatic hydroxyl groups is 1. The molecule has 0 saturated carbocycles. The molecule has 4 N–H and O–H groups in total. The molecule has 7 nitrogen and oxygen atoms in total. The van der Waals surface area contributed by atoms with Gasteiger partial charge in [-0.2, -0.15) is 0 Å². The first-order valence-electron chi connectivity index (χ1n) is 8.96. The minimum atomic E-state index is -3.08. The lowest BCUT2D eigenvalue weighted by atomic mass is 9.83. The molecule has 0 bridgehead atoms. The van der Waals surface area contributed by atoms with Crippen molar-refractivity contribution in [2.45, 2.75) is 37.3 Å². The molecular formula is C19H21ClF2N4O3. The van der Waals surface area contributed by atoms with E-state index in [4.69, 9.17) is 17.3 Å². The Morgan fingerprint density at radius 1 is 1.52 bits per heavy atom. The van der Waals surface area contributed by atoms with Gasteiger partial charge in [0.2, 0.25) is 5.91 Å². The van der Waals surface area contributed by atoms with Crippen LogP contribution in [0.15, 0.2) is 35.4 Å². The maximum atomic E-state index is 14.8. The molecule has 1 aliphatic rings. The highest BCUT2D eigenvalue weighted by Gasteiger charge is 2.51. The number of carbonyl (C=O) groups excluding carboxylic acids is 1. The van der Waals surface area contributed by atoms with E-state index < -0.39 is 41.9 Å². The number of aliphatic hydroxyl groups excluding tert-OH is 1. The first-order chi connectivity index (χ1) is 13.6. The van der Waals surface area contributed by atoms with Crippen LogP contribution in [0, 0.1) is 0 Å². The van der Waals surface area contributed by atoms with Gasteiger partial charge in [-0.05, 0) is 30.7 Å². The molecule has 10 heteroatoms. The Morgan fingerprint density at radius 2 is 2.24 bits per heavy atom. The van der Waals surface area contributed by atoms with Gasteiger partial charge in [-0.25, -0.2) is 8.78 Å². The summed E-state index contributed by atoms with van der Waals surface area (Å²) >= 11 is 5.87. The van der Waals surface area contributed by atoms with Gasteiger partial charge < -0.3 is 15.8 Å². The smallest absolute Gasteiger partial charge is 0.257 e. The predicted molar refractivity (Wildman–Crippen MR) is 103 cm³/mol. The quantitative estimate of drug-likeness (QED) is 0.674. The van der Waals surface area contributed by atoms with Gasteiger partial charge in [-0.1, -0.05) is 11.6 Å². The van der Waals surface area contributed by atoms with Crippen molar-refractivity contribution < 1.29 is 18.7 Å². The molecule has 0 aromatic carbocycles. The van der Waals surface area contributed by atoms with Crippen molar-refractivity contribution in [3.63, 3.8) is 0 Å². The summed E-state index contributed by atoms with van der Waals surface area (Å²) in [5.74, 6) is -5.12. The van der Waals surface area contributed by atoms with E-state index in [1.165, 1.54) is 25.4 Å². The fraction of sp³-hybridized carbons (Fsp3) is 0.421. The van der Waals surface area contributed by atoms with Crippen LogP contribution in [0.2, 0.25) is 5.02 Å². The molecule has 3 heterocycles. The molecule has 1 amide bonds. The van der Waals surface area contributed by atoms with Gasteiger partial charge in [-0.3, -0.25) is 19.5 Å². The van der Waals surface area contributed by atoms with Gasteiger partial charge in [0.05, 0.1) is 23.2 Å². The Bertz CT molecular complexity index is 967. The second-order valence-corrected chi connectivity index (χ2v) is 7.69. The number of piperidine rings is 1. The van der Waals surface area contributed by atoms with Crippen LogP contribution in [0.4, 0.5) is 8.78 Å². The van der Waals surface area contributed by atoms with Gasteiger partial charge in [0.15, 0.2) is 0 Å². The van der Waals surface area contributed by atoms with Crippen LogP contribution in [0.25, 0.3) is 0 Å². The predicted octanol–water partition coefficient (Wildman–Crippen LogP) is 1.74. The Kier molecular flexibility index (Phi) is 5.75. The summed E-state index contributed by atoms with van der Waals surface area (Å²) < 4.78 is 29.6. The zero-order chi connectivity index (χ0) is 21.4. The normalized spacial score (nSPS) is 21.5. The molecule has 0 aliphatic carbocycles. The first-order valence-corrected chi connectivity index (χ1v) is 9.34. The van der Waals surface area contributed by atoms with Crippen LogP contribution in [-0.2, 0) is 16.9 Å². The van der Waals surface area contributed by atoms with E-state index in [0.29, 0.717) is 10.7 Å². The lowest BCUT2D eigenvalue weighted by Crippen LogP contribution is -2.59. The number of hydrogen-bond donors (Lipinski definition) is 3. The van der Waals surface area contributed by atoms with Crippen molar-refractivity contribution in [3.8, 4) is 0 Å². The van der Waals surface area contributed by atoms with Gasteiger partial charge >= 0.3 is 0 Å². The SMILES string of the molecule is CC(C(N)=O)(c1ccc(Cl)cn1)N1CCC(F)(F)C(c2c[nH]c(=O)c(CO)c2)C1. The standard InChI is InChI=1S/C19H21ClF2N4O3/c1-18(17(23)29,15-3-2-13(20)8-24-15)26-5-4-19(21,22)14(9-26)11-6-12(10-27)16(28)25-7-11/h2-3,6-8,14,27H,4-5,9-10H2,1H3,(H2,23,29)(H,25,28). The largest absolute Gasteiger partial charge is 0.391 e. The number of amides is 1. The zero-order valence-corrected chi connectivity index (χ0v) is 16.4. The summed E-state index contributed by atoms with van der Waals surface area (Å²) in [6.45, 7) is 0.689. The monoisotopic (exact) mass is 426 g/mol. The number of aromatic nitrogens is 2. The lowest BCUT2D eigenvalue weighted by Gasteiger charge is -2.46. The number of rotatable bonds is 5. The van der Waals surface area contributed by atoms with Crippen molar-refractivity contribution in [1.82, 2.24) is 14.9 Å². The summed E-state index contributed by atoms with van der Waals surface area (Å²) in [7, 11) is 0. The summed E-state index contributed by atoms with van der Waals surface area (Å²) in [5, 5.41) is 9.67. The van der Waals surface area contributed by atoms with Gasteiger partial charge in [0.25, 0.3) is 11.5 Å². The third kappa shape index (κ3) is 3.90. The van der Waals surface area contributed by atoms with E-state index in [0.717, 1.165) is 0 Å². The highest BCUT2D eigenvalue weighted by molar-refractivity contribution is 6.30. The van der Waals surface area contributed by atoms with Crippen LogP contribution < -0.4 is 11.3 Å². The average molecular weight is 427 g/mol. The van der Waals surface area contributed by atoms with Crippen molar-refractivity contribution in [1.29, 1.82) is 0 Å². The summed E-state index contributed by atoms with van der Waals surface area (Å²) in [5.41, 5.74) is 4.16. The maximum absolute atomic E-state index is 14.8. The number of hydrogen-bond acceptors (Lipinski definition) is 5. The molecule has 1 fully saturated rings. The van der Waals surface area contributed by atoms with Crippen molar-refractivity contribution in [2.75, 3.05) is 13.1 Å². The van der Waals surface area contributed by atoms with Crippen LogP contribution in [0.3, 0.4) is 0 Å². The Hall–Kier alpha value is -2.36. The number of halogens is 3. The molecule has 1 aliphatic heterocycles. The van der Waals surface area contributed by atoms with E-state index in [2.05, 4.69) is 9.97 Å². The van der Waals surface area contributed by atoms with Crippen LogP contribution in [0.1, 0.15) is 36.1 Å². The number of alkyl halides is 2. The molecule has 2 aromatic rings. The number of likely N-dealkylation sites (tertiary alicyclic amines) is 1.